The Bertz CT molecular complexity index is 1020. The van der Waals surface area contributed by atoms with Crippen molar-refractivity contribution >= 4 is 17.5 Å². The van der Waals surface area contributed by atoms with Gasteiger partial charge >= 0.3 is 0 Å². The van der Waals surface area contributed by atoms with E-state index in [9.17, 15) is 9.59 Å². The third kappa shape index (κ3) is 6.27. The minimum absolute atomic E-state index is 0.0777. The summed E-state index contributed by atoms with van der Waals surface area (Å²) in [5, 5.41) is 2.63. The van der Waals surface area contributed by atoms with Crippen LogP contribution >= 0.6 is 0 Å². The van der Waals surface area contributed by atoms with Gasteiger partial charge in [-0.25, -0.2) is 0 Å². The first-order valence-corrected chi connectivity index (χ1v) is 10.5. The first kappa shape index (κ1) is 22.2. The topological polar surface area (TPSA) is 53.9 Å². The summed E-state index contributed by atoms with van der Waals surface area (Å²) >= 11 is 0. The second-order valence-electron chi connectivity index (χ2n) is 7.89. The van der Waals surface area contributed by atoms with Crippen LogP contribution in [0, 0.1) is 6.92 Å². The van der Waals surface area contributed by atoms with E-state index in [4.69, 9.17) is 0 Å². The van der Waals surface area contributed by atoms with Gasteiger partial charge in [-0.3, -0.25) is 9.59 Å². The van der Waals surface area contributed by atoms with E-state index < -0.39 is 0 Å². The molecule has 160 valence electrons. The normalized spacial score (nSPS) is 11.6. The molecule has 31 heavy (non-hydrogen) atoms. The van der Waals surface area contributed by atoms with Crippen molar-refractivity contribution in [3.05, 3.63) is 101 Å². The molecule has 0 aromatic heterocycles. The quantitative estimate of drug-likeness (QED) is 0.593. The molecule has 2 amide bonds. The van der Waals surface area contributed by atoms with Crippen LogP contribution in [0.25, 0.3) is 0 Å². The molecule has 0 fully saturated rings. The van der Waals surface area contributed by atoms with Crippen molar-refractivity contribution in [3.8, 4) is 0 Å². The Labute approximate surface area is 184 Å². The molecule has 1 unspecified atom stereocenters. The second kappa shape index (κ2) is 10.5. The molecular weight excluding hydrogens is 386 g/mol. The van der Waals surface area contributed by atoms with Crippen LogP contribution in [0.2, 0.25) is 0 Å². The Kier molecular flexibility index (Phi) is 7.57. The maximum Gasteiger partial charge on any atom is 0.282 e. The zero-order valence-electron chi connectivity index (χ0n) is 18.4. The number of hydrogen-bond donors (Lipinski definition) is 2. The summed E-state index contributed by atoms with van der Waals surface area (Å²) in [4.78, 5) is 28.0. The standard InChI is InChI=1S/C26H29N3O2/c1-20-8-7-11-24(16-20)29(18-21-9-5-4-6-10-21)25(30)19-28(3)17-22-12-14-23(15-13-22)26(31)27-2/h4-16H,17-19H2,1-3H3,(H,27,31)/p+1. The van der Waals surface area contributed by atoms with E-state index in [0.29, 0.717) is 25.2 Å². The maximum atomic E-state index is 13.3. The van der Waals surface area contributed by atoms with Gasteiger partial charge in [0.15, 0.2) is 6.54 Å². The lowest BCUT2D eigenvalue weighted by molar-refractivity contribution is -0.885. The number of quaternary nitrogens is 1. The summed E-state index contributed by atoms with van der Waals surface area (Å²) in [5.41, 5.74) is 4.85. The van der Waals surface area contributed by atoms with Crippen molar-refractivity contribution in [2.24, 2.45) is 0 Å². The SMILES string of the molecule is CNC(=O)c1ccc(C[NH+](C)CC(=O)N(Cc2ccccc2)c2cccc(C)c2)cc1. The third-order valence-electron chi connectivity index (χ3n) is 5.20. The van der Waals surface area contributed by atoms with Gasteiger partial charge in [0.05, 0.1) is 13.6 Å². The van der Waals surface area contributed by atoms with E-state index in [2.05, 4.69) is 5.32 Å². The number of anilines is 1. The molecule has 0 spiro atoms. The number of carbonyl (C=O) groups is 2. The molecule has 3 rings (SSSR count). The Balaban J connectivity index is 1.71. The number of rotatable bonds is 8. The molecule has 5 nitrogen and oxygen atoms in total. The fourth-order valence-electron chi connectivity index (χ4n) is 3.57. The van der Waals surface area contributed by atoms with Crippen molar-refractivity contribution in [2.45, 2.75) is 20.0 Å². The first-order valence-electron chi connectivity index (χ1n) is 10.5. The monoisotopic (exact) mass is 416 g/mol. The summed E-state index contributed by atoms with van der Waals surface area (Å²) in [6.45, 7) is 3.65. The van der Waals surface area contributed by atoms with Gasteiger partial charge in [0.2, 0.25) is 0 Å². The van der Waals surface area contributed by atoms with E-state index in [1.165, 1.54) is 0 Å². The van der Waals surface area contributed by atoms with E-state index >= 15 is 0 Å². The highest BCUT2D eigenvalue weighted by Crippen LogP contribution is 2.19. The van der Waals surface area contributed by atoms with Gasteiger partial charge in [0.25, 0.3) is 11.8 Å². The zero-order chi connectivity index (χ0) is 22.2. The van der Waals surface area contributed by atoms with Gasteiger partial charge in [0, 0.05) is 23.9 Å². The molecule has 3 aromatic rings. The predicted molar refractivity (Wildman–Crippen MR) is 124 cm³/mol. The van der Waals surface area contributed by atoms with Crippen LogP contribution in [0.5, 0.6) is 0 Å². The second-order valence-corrected chi connectivity index (χ2v) is 7.89. The minimum Gasteiger partial charge on any atom is -0.355 e. The van der Waals surface area contributed by atoms with Crippen LogP contribution in [0.4, 0.5) is 5.69 Å². The van der Waals surface area contributed by atoms with Gasteiger partial charge in [0.1, 0.15) is 6.54 Å². The number of carbonyl (C=O) groups excluding carboxylic acids is 2. The summed E-state index contributed by atoms with van der Waals surface area (Å²) in [6, 6.07) is 25.6. The fourth-order valence-corrected chi connectivity index (χ4v) is 3.57. The molecule has 0 aliphatic rings. The third-order valence-corrected chi connectivity index (χ3v) is 5.20. The summed E-state index contributed by atoms with van der Waals surface area (Å²) in [5.74, 6) is -0.0222. The van der Waals surface area contributed by atoms with Gasteiger partial charge < -0.3 is 15.1 Å². The lowest BCUT2D eigenvalue weighted by Crippen LogP contribution is -3.08. The molecule has 0 bridgehead atoms. The fraction of sp³-hybridized carbons (Fsp3) is 0.231. The minimum atomic E-state index is -0.0999. The van der Waals surface area contributed by atoms with Crippen molar-refractivity contribution < 1.29 is 14.5 Å². The number of nitrogens with zero attached hydrogens (tertiary/aromatic N) is 1. The van der Waals surface area contributed by atoms with E-state index in [-0.39, 0.29) is 11.8 Å². The molecular formula is C26H30N3O2+. The maximum absolute atomic E-state index is 13.3. The number of nitrogens with one attached hydrogen (secondary N) is 2. The molecule has 0 saturated heterocycles. The Morgan fingerprint density at radius 2 is 1.61 bits per heavy atom. The summed E-state index contributed by atoms with van der Waals surface area (Å²) < 4.78 is 0. The average Bonchev–Trinajstić information content (AvgIpc) is 2.78. The molecule has 0 aliphatic carbocycles. The largest absolute Gasteiger partial charge is 0.355 e. The molecule has 5 heteroatoms. The van der Waals surface area contributed by atoms with Crippen LogP contribution < -0.4 is 15.1 Å². The van der Waals surface area contributed by atoms with Crippen LogP contribution in [0.15, 0.2) is 78.9 Å². The number of benzene rings is 3. The highest BCUT2D eigenvalue weighted by Gasteiger charge is 2.20. The van der Waals surface area contributed by atoms with Crippen LogP contribution in [-0.4, -0.2) is 32.5 Å². The van der Waals surface area contributed by atoms with Crippen LogP contribution in [0.3, 0.4) is 0 Å². The number of amides is 2. The Morgan fingerprint density at radius 3 is 2.26 bits per heavy atom. The van der Waals surface area contributed by atoms with E-state index in [1.54, 1.807) is 7.05 Å². The molecule has 0 saturated carbocycles. The zero-order valence-corrected chi connectivity index (χ0v) is 18.4. The number of aryl methyl sites for hydroxylation is 1. The molecule has 0 radical (unpaired) electrons. The van der Waals surface area contributed by atoms with E-state index in [0.717, 1.165) is 27.3 Å². The van der Waals surface area contributed by atoms with Crippen LogP contribution in [-0.2, 0) is 17.9 Å². The Hall–Kier alpha value is -3.44. The van der Waals surface area contributed by atoms with Crippen LogP contribution in [0.1, 0.15) is 27.0 Å². The summed E-state index contributed by atoms with van der Waals surface area (Å²) in [7, 11) is 3.64. The van der Waals surface area contributed by atoms with Gasteiger partial charge in [-0.2, -0.15) is 0 Å². The lowest BCUT2D eigenvalue weighted by Gasteiger charge is -2.25. The number of hydrogen-bond acceptors (Lipinski definition) is 2. The highest BCUT2D eigenvalue weighted by molar-refractivity contribution is 5.94. The predicted octanol–water partition coefficient (Wildman–Crippen LogP) is 2.60. The molecule has 0 aliphatic heterocycles. The molecule has 3 aromatic carbocycles. The van der Waals surface area contributed by atoms with Crippen molar-refractivity contribution in [3.63, 3.8) is 0 Å². The molecule has 2 N–H and O–H groups in total. The molecule has 0 heterocycles. The van der Waals surface area contributed by atoms with Crippen molar-refractivity contribution in [2.75, 3.05) is 25.5 Å². The van der Waals surface area contributed by atoms with Crippen molar-refractivity contribution in [1.82, 2.24) is 5.32 Å². The highest BCUT2D eigenvalue weighted by atomic mass is 16.2. The lowest BCUT2D eigenvalue weighted by atomic mass is 10.1. The smallest absolute Gasteiger partial charge is 0.282 e. The van der Waals surface area contributed by atoms with Gasteiger partial charge in [-0.05, 0) is 42.3 Å². The van der Waals surface area contributed by atoms with Gasteiger partial charge in [-0.15, -0.1) is 0 Å². The van der Waals surface area contributed by atoms with Crippen molar-refractivity contribution in [1.29, 1.82) is 0 Å². The summed E-state index contributed by atoms with van der Waals surface area (Å²) in [6.07, 6.45) is 0. The molecule has 1 atom stereocenters. The van der Waals surface area contributed by atoms with E-state index in [1.807, 2.05) is 97.7 Å². The number of likely N-dealkylation sites (N-methyl/N-ethyl adjacent to an activating group) is 1. The van der Waals surface area contributed by atoms with Gasteiger partial charge in [-0.1, -0.05) is 54.6 Å². The Morgan fingerprint density at radius 1 is 0.903 bits per heavy atom. The average molecular weight is 417 g/mol. The first-order chi connectivity index (χ1) is 15.0.